The first-order chi connectivity index (χ1) is 13.7. The Morgan fingerprint density at radius 1 is 0.862 bits per heavy atom. The molecule has 0 saturated heterocycles. The van der Waals surface area contributed by atoms with Gasteiger partial charge in [0, 0.05) is 6.42 Å². The van der Waals surface area contributed by atoms with E-state index in [-0.39, 0.29) is 37.9 Å². The molecule has 0 rings (SSSR count). The highest BCUT2D eigenvalue weighted by Gasteiger charge is 2.34. The van der Waals surface area contributed by atoms with Crippen molar-refractivity contribution in [2.45, 2.75) is 97.2 Å². The summed E-state index contributed by atoms with van der Waals surface area (Å²) in [6.07, 6.45) is 6.93. The molecule has 7 nitrogen and oxygen atoms in total. The third kappa shape index (κ3) is 12.2. The SMILES string of the molecule is CCCCC(CC)COC(=O)CCC(C(=O)O)S(=O)(=O)OCC(CC)CCCC. The van der Waals surface area contributed by atoms with Gasteiger partial charge < -0.3 is 9.84 Å². The summed E-state index contributed by atoms with van der Waals surface area (Å²) in [5, 5.41) is 7.56. The summed E-state index contributed by atoms with van der Waals surface area (Å²) in [7, 11) is -4.30. The fraction of sp³-hybridized carbons (Fsp3) is 0.905. The molecule has 29 heavy (non-hydrogen) atoms. The third-order valence-corrected chi connectivity index (χ3v) is 6.87. The van der Waals surface area contributed by atoms with E-state index in [1.165, 1.54) is 0 Å². The van der Waals surface area contributed by atoms with Crippen molar-refractivity contribution in [3.8, 4) is 0 Å². The number of carboxylic acid groups (broad SMARTS) is 1. The van der Waals surface area contributed by atoms with Gasteiger partial charge in [-0.25, -0.2) is 0 Å². The van der Waals surface area contributed by atoms with Gasteiger partial charge >= 0.3 is 11.9 Å². The van der Waals surface area contributed by atoms with Crippen molar-refractivity contribution in [1.29, 1.82) is 0 Å². The minimum absolute atomic E-state index is 0.0251. The first kappa shape index (κ1) is 27.8. The van der Waals surface area contributed by atoms with Crippen molar-refractivity contribution >= 4 is 22.1 Å². The van der Waals surface area contributed by atoms with Crippen molar-refractivity contribution in [1.82, 2.24) is 0 Å². The number of aliphatic carboxylic acids is 1. The van der Waals surface area contributed by atoms with Crippen molar-refractivity contribution in [2.75, 3.05) is 13.2 Å². The molecule has 0 spiro atoms. The fourth-order valence-electron chi connectivity index (χ4n) is 2.99. The predicted octanol–water partition coefficient (Wildman–Crippen LogP) is 4.54. The first-order valence-corrected chi connectivity index (χ1v) is 12.4. The minimum atomic E-state index is -4.30. The molecule has 172 valence electrons. The molecular weight excluding hydrogens is 396 g/mol. The van der Waals surface area contributed by atoms with Crippen LogP contribution < -0.4 is 0 Å². The van der Waals surface area contributed by atoms with Crippen LogP contribution >= 0.6 is 0 Å². The maximum Gasteiger partial charge on any atom is 0.324 e. The number of carboxylic acids is 1. The molecule has 0 aliphatic rings. The lowest BCUT2D eigenvalue weighted by atomic mass is 10.0. The van der Waals surface area contributed by atoms with Gasteiger partial charge in [-0.3, -0.25) is 13.8 Å². The van der Waals surface area contributed by atoms with Crippen LogP contribution in [0.25, 0.3) is 0 Å². The van der Waals surface area contributed by atoms with E-state index >= 15 is 0 Å². The van der Waals surface area contributed by atoms with E-state index < -0.39 is 27.3 Å². The molecule has 0 aliphatic heterocycles. The number of hydrogen-bond acceptors (Lipinski definition) is 6. The van der Waals surface area contributed by atoms with Crippen molar-refractivity contribution in [3.05, 3.63) is 0 Å². The zero-order valence-corrected chi connectivity index (χ0v) is 19.3. The highest BCUT2D eigenvalue weighted by Crippen LogP contribution is 2.19. The highest BCUT2D eigenvalue weighted by molar-refractivity contribution is 7.88. The summed E-state index contributed by atoms with van der Waals surface area (Å²) in [6.45, 7) is 8.39. The van der Waals surface area contributed by atoms with Gasteiger partial charge in [-0.2, -0.15) is 8.42 Å². The van der Waals surface area contributed by atoms with E-state index in [1.54, 1.807) is 0 Å². The molecule has 0 aliphatic carbocycles. The lowest BCUT2D eigenvalue weighted by Crippen LogP contribution is -2.33. The average molecular weight is 437 g/mol. The Balaban J connectivity index is 4.64. The quantitative estimate of drug-likeness (QED) is 0.248. The van der Waals surface area contributed by atoms with Gasteiger partial charge in [-0.15, -0.1) is 0 Å². The molecule has 3 atom stereocenters. The van der Waals surface area contributed by atoms with Gasteiger partial charge in [0.25, 0.3) is 10.1 Å². The number of esters is 1. The maximum atomic E-state index is 12.4. The van der Waals surface area contributed by atoms with E-state index in [1.807, 2.05) is 13.8 Å². The lowest BCUT2D eigenvalue weighted by molar-refractivity contribution is -0.145. The molecule has 0 aromatic rings. The zero-order valence-electron chi connectivity index (χ0n) is 18.5. The Morgan fingerprint density at radius 3 is 1.83 bits per heavy atom. The maximum absolute atomic E-state index is 12.4. The minimum Gasteiger partial charge on any atom is -0.480 e. The molecule has 0 aromatic heterocycles. The molecule has 0 aromatic carbocycles. The van der Waals surface area contributed by atoms with E-state index in [0.717, 1.165) is 51.4 Å². The second-order valence-corrected chi connectivity index (χ2v) is 9.45. The van der Waals surface area contributed by atoms with Gasteiger partial charge in [-0.1, -0.05) is 66.2 Å². The normalized spacial score (nSPS) is 14.9. The van der Waals surface area contributed by atoms with E-state index in [4.69, 9.17) is 8.92 Å². The van der Waals surface area contributed by atoms with Crippen molar-refractivity contribution in [3.63, 3.8) is 0 Å². The molecule has 0 bridgehead atoms. The molecule has 1 N–H and O–H groups in total. The molecule has 0 saturated carbocycles. The van der Waals surface area contributed by atoms with Crippen LogP contribution in [-0.4, -0.2) is 43.9 Å². The molecular formula is C21H40O7S. The van der Waals surface area contributed by atoms with Crippen LogP contribution in [0.5, 0.6) is 0 Å². The van der Waals surface area contributed by atoms with Crippen molar-refractivity contribution in [2.24, 2.45) is 11.8 Å². The highest BCUT2D eigenvalue weighted by atomic mass is 32.2. The predicted molar refractivity (Wildman–Crippen MR) is 113 cm³/mol. The molecule has 3 unspecified atom stereocenters. The zero-order chi connectivity index (χ0) is 22.3. The van der Waals surface area contributed by atoms with Crippen LogP contribution in [-0.2, 0) is 28.6 Å². The van der Waals surface area contributed by atoms with Crippen molar-refractivity contribution < 1.29 is 32.0 Å². The summed E-state index contributed by atoms with van der Waals surface area (Å²) < 4.78 is 35.0. The summed E-state index contributed by atoms with van der Waals surface area (Å²) in [5.74, 6) is -1.74. The topological polar surface area (TPSA) is 107 Å². The number of hydrogen-bond donors (Lipinski definition) is 1. The number of rotatable bonds is 18. The smallest absolute Gasteiger partial charge is 0.324 e. The Labute approximate surface area is 176 Å². The lowest BCUT2D eigenvalue weighted by Gasteiger charge is -2.18. The van der Waals surface area contributed by atoms with E-state index in [0.29, 0.717) is 0 Å². The van der Waals surface area contributed by atoms with Crippen LogP contribution in [0, 0.1) is 11.8 Å². The van der Waals surface area contributed by atoms with Crippen LogP contribution in [0.15, 0.2) is 0 Å². The Kier molecular flexibility index (Phi) is 15.0. The van der Waals surface area contributed by atoms with E-state index in [2.05, 4.69) is 13.8 Å². The summed E-state index contributed by atoms with van der Waals surface area (Å²) in [6, 6.07) is 0. The molecule has 0 amide bonds. The average Bonchev–Trinajstić information content (AvgIpc) is 2.68. The molecule has 0 fully saturated rings. The van der Waals surface area contributed by atoms with Crippen LogP contribution in [0.1, 0.15) is 91.9 Å². The van der Waals surface area contributed by atoms with Gasteiger partial charge in [0.15, 0.2) is 5.25 Å². The number of carbonyl (C=O) groups is 2. The second kappa shape index (κ2) is 15.7. The second-order valence-electron chi connectivity index (χ2n) is 7.66. The Bertz CT molecular complexity index is 559. The van der Waals surface area contributed by atoms with E-state index in [9.17, 15) is 23.1 Å². The standard InChI is InChI=1S/C21H40O7S/c1-5-9-11-17(7-3)15-27-20(22)14-13-19(21(23)24)29(25,26)28-16-18(8-4)12-10-6-2/h17-19H,5-16H2,1-4H3,(H,23,24). The van der Waals surface area contributed by atoms with Gasteiger partial charge in [0.1, 0.15) is 0 Å². The molecule has 8 heteroatoms. The Morgan fingerprint density at radius 2 is 1.38 bits per heavy atom. The first-order valence-electron chi connectivity index (χ1n) is 11.0. The summed E-state index contributed by atoms with van der Waals surface area (Å²) in [5.41, 5.74) is 0. The monoisotopic (exact) mass is 436 g/mol. The summed E-state index contributed by atoms with van der Waals surface area (Å²) in [4.78, 5) is 23.4. The van der Waals surface area contributed by atoms with Crippen LogP contribution in [0.2, 0.25) is 0 Å². The third-order valence-electron chi connectivity index (χ3n) is 5.27. The number of unbranched alkanes of at least 4 members (excludes halogenated alkanes) is 2. The van der Waals surface area contributed by atoms with Gasteiger partial charge in [-0.05, 0) is 31.1 Å². The van der Waals surface area contributed by atoms with Gasteiger partial charge in [0.05, 0.1) is 13.2 Å². The van der Waals surface area contributed by atoms with Gasteiger partial charge in [0.2, 0.25) is 0 Å². The number of ether oxygens (including phenoxy) is 1. The summed E-state index contributed by atoms with van der Waals surface area (Å²) >= 11 is 0. The number of carbonyl (C=O) groups excluding carboxylic acids is 1. The largest absolute Gasteiger partial charge is 0.480 e. The fourth-order valence-corrected chi connectivity index (χ4v) is 4.19. The molecule has 0 heterocycles. The van der Waals surface area contributed by atoms with Crippen LogP contribution in [0.4, 0.5) is 0 Å². The molecule has 0 radical (unpaired) electrons. The van der Waals surface area contributed by atoms with Crippen LogP contribution in [0.3, 0.4) is 0 Å². The Hall–Kier alpha value is -1.15.